The van der Waals surface area contributed by atoms with Crippen LogP contribution >= 0.6 is 15.9 Å². The number of rotatable bonds is 4. The number of carbonyl (C=O) groups excluding carboxylic acids is 1. The third-order valence-electron chi connectivity index (χ3n) is 2.24. The molecule has 0 aromatic heterocycles. The normalized spacial score (nSPS) is 12.7. The first kappa shape index (κ1) is 14.9. The molecule has 0 saturated carbocycles. The molecule has 0 heterocycles. The largest absolute Gasteiger partial charge is 0.366 e. The maximum Gasteiger partial charge on any atom is 0.248 e. The molecule has 0 aliphatic heterocycles. The highest BCUT2D eigenvalue weighted by Gasteiger charge is 2.27. The highest BCUT2D eigenvalue weighted by molar-refractivity contribution is 9.09. The second kappa shape index (κ2) is 5.30. The van der Waals surface area contributed by atoms with Crippen molar-refractivity contribution in [3.8, 4) is 0 Å². The van der Waals surface area contributed by atoms with Gasteiger partial charge in [-0.15, -0.1) is 0 Å². The summed E-state index contributed by atoms with van der Waals surface area (Å²) < 4.78 is 5.45. The van der Waals surface area contributed by atoms with Gasteiger partial charge in [-0.05, 0) is 34.6 Å². The fourth-order valence-corrected chi connectivity index (χ4v) is 1.18. The molecule has 0 atom stereocenters. The SMILES string of the molecule is CN(C(=O)COC(C)(C)C)C(C)(C)CBr. The van der Waals surface area contributed by atoms with E-state index in [0.29, 0.717) is 0 Å². The summed E-state index contributed by atoms with van der Waals surface area (Å²) >= 11 is 3.40. The first-order valence-corrected chi connectivity index (χ1v) is 6.19. The molecule has 0 fully saturated rings. The Morgan fingerprint density at radius 1 is 1.27 bits per heavy atom. The lowest BCUT2D eigenvalue weighted by Gasteiger charge is -2.34. The molecule has 0 radical (unpaired) electrons. The molecule has 0 aliphatic rings. The fraction of sp³-hybridized carbons (Fsp3) is 0.909. The molecule has 3 nitrogen and oxygen atoms in total. The quantitative estimate of drug-likeness (QED) is 0.740. The van der Waals surface area contributed by atoms with Gasteiger partial charge in [-0.3, -0.25) is 4.79 Å². The number of hydrogen-bond donors (Lipinski definition) is 0. The van der Waals surface area contributed by atoms with Crippen molar-refractivity contribution in [2.45, 2.75) is 45.8 Å². The predicted molar refractivity (Wildman–Crippen MR) is 66.3 cm³/mol. The van der Waals surface area contributed by atoms with E-state index in [1.54, 1.807) is 11.9 Å². The molecule has 0 unspecified atom stereocenters. The minimum atomic E-state index is -0.269. The molecule has 0 bridgehead atoms. The van der Waals surface area contributed by atoms with Crippen molar-refractivity contribution >= 4 is 21.8 Å². The van der Waals surface area contributed by atoms with Crippen molar-refractivity contribution in [1.29, 1.82) is 0 Å². The molecule has 15 heavy (non-hydrogen) atoms. The van der Waals surface area contributed by atoms with Crippen molar-refractivity contribution in [2.24, 2.45) is 0 Å². The molecule has 1 amide bonds. The van der Waals surface area contributed by atoms with E-state index in [9.17, 15) is 4.79 Å². The Kier molecular flexibility index (Phi) is 5.27. The van der Waals surface area contributed by atoms with E-state index in [-0.39, 0.29) is 23.7 Å². The number of nitrogens with zero attached hydrogens (tertiary/aromatic N) is 1. The Hall–Kier alpha value is -0.0900. The zero-order chi connectivity index (χ0) is 12.3. The third-order valence-corrected chi connectivity index (χ3v) is 3.61. The number of hydrogen-bond acceptors (Lipinski definition) is 2. The summed E-state index contributed by atoms with van der Waals surface area (Å²) in [7, 11) is 1.80. The summed E-state index contributed by atoms with van der Waals surface area (Å²) in [5, 5.41) is 0.748. The van der Waals surface area contributed by atoms with Crippen molar-refractivity contribution in [3.05, 3.63) is 0 Å². The Morgan fingerprint density at radius 2 is 1.73 bits per heavy atom. The van der Waals surface area contributed by atoms with Crippen LogP contribution in [0.25, 0.3) is 0 Å². The lowest BCUT2D eigenvalue weighted by Crippen LogP contribution is -2.48. The van der Waals surface area contributed by atoms with Crippen molar-refractivity contribution < 1.29 is 9.53 Å². The number of likely N-dealkylation sites (N-methyl/N-ethyl adjacent to an activating group) is 1. The first-order chi connectivity index (χ1) is 6.60. The van der Waals surface area contributed by atoms with Gasteiger partial charge in [-0.1, -0.05) is 15.9 Å². The number of halogens is 1. The Morgan fingerprint density at radius 3 is 2.07 bits per heavy atom. The standard InChI is InChI=1S/C11H22BrNO2/c1-10(2,3)15-7-9(14)13(6)11(4,5)8-12/h7-8H2,1-6H3. The minimum absolute atomic E-state index is 0.00868. The Bertz CT molecular complexity index is 221. The molecular weight excluding hydrogens is 258 g/mol. The van der Waals surface area contributed by atoms with Crippen LogP contribution in [-0.4, -0.2) is 40.9 Å². The number of ether oxygens (including phenoxy) is 1. The van der Waals surface area contributed by atoms with E-state index in [1.165, 1.54) is 0 Å². The van der Waals surface area contributed by atoms with E-state index in [2.05, 4.69) is 15.9 Å². The summed E-state index contributed by atoms with van der Waals surface area (Å²) in [4.78, 5) is 13.5. The number of carbonyl (C=O) groups is 1. The summed E-state index contributed by atoms with van der Waals surface area (Å²) in [5.74, 6) is 0.00868. The van der Waals surface area contributed by atoms with Crippen LogP contribution < -0.4 is 0 Å². The maximum atomic E-state index is 11.8. The molecule has 4 heteroatoms. The topological polar surface area (TPSA) is 29.5 Å². The van der Waals surface area contributed by atoms with Gasteiger partial charge >= 0.3 is 0 Å². The van der Waals surface area contributed by atoms with Crippen LogP contribution in [0.2, 0.25) is 0 Å². The average molecular weight is 280 g/mol. The molecule has 0 aromatic rings. The highest BCUT2D eigenvalue weighted by Crippen LogP contribution is 2.16. The summed E-state index contributed by atoms with van der Waals surface area (Å²) in [6.07, 6.45) is 0. The van der Waals surface area contributed by atoms with Crippen LogP contribution in [0.1, 0.15) is 34.6 Å². The van der Waals surface area contributed by atoms with Crippen LogP contribution in [0.3, 0.4) is 0 Å². The average Bonchev–Trinajstić information content (AvgIpc) is 2.11. The van der Waals surface area contributed by atoms with Crippen LogP contribution in [-0.2, 0) is 9.53 Å². The van der Waals surface area contributed by atoms with Crippen LogP contribution in [0, 0.1) is 0 Å². The zero-order valence-electron chi connectivity index (χ0n) is 10.6. The molecule has 0 spiro atoms. The summed E-state index contributed by atoms with van der Waals surface area (Å²) in [5.41, 5.74) is -0.451. The minimum Gasteiger partial charge on any atom is -0.366 e. The molecule has 0 aromatic carbocycles. The van der Waals surface area contributed by atoms with Crippen molar-refractivity contribution in [1.82, 2.24) is 4.90 Å². The Labute approximate surface area is 101 Å². The second-order valence-corrected chi connectivity index (χ2v) is 5.86. The van der Waals surface area contributed by atoms with Crippen LogP contribution in [0.15, 0.2) is 0 Å². The highest BCUT2D eigenvalue weighted by atomic mass is 79.9. The van der Waals surface area contributed by atoms with Gasteiger partial charge in [0.1, 0.15) is 6.61 Å². The van der Waals surface area contributed by atoms with Gasteiger partial charge in [0.2, 0.25) is 5.91 Å². The van der Waals surface area contributed by atoms with Crippen LogP contribution in [0.4, 0.5) is 0 Å². The number of alkyl halides is 1. The summed E-state index contributed by atoms with van der Waals surface area (Å²) in [6, 6.07) is 0. The first-order valence-electron chi connectivity index (χ1n) is 5.07. The van der Waals surface area contributed by atoms with Crippen molar-refractivity contribution in [3.63, 3.8) is 0 Å². The summed E-state index contributed by atoms with van der Waals surface area (Å²) in [6.45, 7) is 9.98. The molecule has 0 N–H and O–H groups in total. The van der Waals surface area contributed by atoms with E-state index in [1.807, 2.05) is 34.6 Å². The molecular formula is C11H22BrNO2. The van der Waals surface area contributed by atoms with Crippen LogP contribution in [0.5, 0.6) is 0 Å². The van der Waals surface area contributed by atoms with Gasteiger partial charge in [-0.25, -0.2) is 0 Å². The second-order valence-electron chi connectivity index (χ2n) is 5.30. The predicted octanol–water partition coefficient (Wildman–Crippen LogP) is 2.43. The number of amides is 1. The van der Waals surface area contributed by atoms with Gasteiger partial charge < -0.3 is 9.64 Å². The van der Waals surface area contributed by atoms with Gasteiger partial charge in [0, 0.05) is 17.9 Å². The van der Waals surface area contributed by atoms with E-state index in [0.717, 1.165) is 5.33 Å². The van der Waals surface area contributed by atoms with Gasteiger partial charge in [-0.2, -0.15) is 0 Å². The Balaban J connectivity index is 4.23. The molecule has 0 saturated heterocycles. The maximum absolute atomic E-state index is 11.8. The molecule has 0 aliphatic carbocycles. The van der Waals surface area contributed by atoms with E-state index >= 15 is 0 Å². The van der Waals surface area contributed by atoms with E-state index < -0.39 is 0 Å². The smallest absolute Gasteiger partial charge is 0.248 e. The van der Waals surface area contributed by atoms with Gasteiger partial charge in [0.15, 0.2) is 0 Å². The van der Waals surface area contributed by atoms with Gasteiger partial charge in [0.05, 0.1) is 5.60 Å². The fourth-order valence-electron chi connectivity index (χ4n) is 0.802. The monoisotopic (exact) mass is 279 g/mol. The van der Waals surface area contributed by atoms with Gasteiger partial charge in [0.25, 0.3) is 0 Å². The molecule has 90 valence electrons. The lowest BCUT2D eigenvalue weighted by molar-refractivity contribution is -0.143. The molecule has 0 rings (SSSR count). The lowest BCUT2D eigenvalue weighted by atomic mass is 10.1. The van der Waals surface area contributed by atoms with Crippen molar-refractivity contribution in [2.75, 3.05) is 19.0 Å². The third kappa shape index (κ3) is 5.52. The zero-order valence-corrected chi connectivity index (χ0v) is 12.1. The van der Waals surface area contributed by atoms with E-state index in [4.69, 9.17) is 4.74 Å².